The SMILES string of the molecule is COc1ccc(S(=O)(=O)Nc2ccc3oc(=O)n(C)c3c2)cc1Cl. The van der Waals surface area contributed by atoms with Gasteiger partial charge in [-0.3, -0.25) is 9.29 Å². The van der Waals surface area contributed by atoms with Gasteiger partial charge in [0.2, 0.25) is 0 Å². The van der Waals surface area contributed by atoms with Crippen molar-refractivity contribution in [2.24, 2.45) is 7.05 Å². The van der Waals surface area contributed by atoms with Gasteiger partial charge in [0.05, 0.1) is 28.2 Å². The van der Waals surface area contributed by atoms with Gasteiger partial charge in [-0.2, -0.15) is 0 Å². The molecule has 0 saturated carbocycles. The van der Waals surface area contributed by atoms with Crippen molar-refractivity contribution in [3.8, 4) is 5.75 Å². The fourth-order valence-corrected chi connectivity index (χ4v) is 3.62. The number of hydrogen-bond acceptors (Lipinski definition) is 5. The number of aromatic nitrogens is 1. The maximum atomic E-state index is 12.5. The lowest BCUT2D eigenvalue weighted by molar-refractivity contribution is 0.414. The zero-order chi connectivity index (χ0) is 17.5. The van der Waals surface area contributed by atoms with E-state index in [1.54, 1.807) is 0 Å². The van der Waals surface area contributed by atoms with Gasteiger partial charge in [-0.05, 0) is 36.4 Å². The van der Waals surface area contributed by atoms with E-state index in [9.17, 15) is 13.2 Å². The molecule has 1 N–H and O–H groups in total. The Balaban J connectivity index is 1.98. The smallest absolute Gasteiger partial charge is 0.419 e. The summed E-state index contributed by atoms with van der Waals surface area (Å²) < 4.78 is 38.7. The monoisotopic (exact) mass is 368 g/mol. The van der Waals surface area contributed by atoms with Crippen LogP contribution >= 0.6 is 11.6 Å². The van der Waals surface area contributed by atoms with E-state index >= 15 is 0 Å². The van der Waals surface area contributed by atoms with Crippen molar-refractivity contribution >= 4 is 38.4 Å². The van der Waals surface area contributed by atoms with Gasteiger partial charge in [0, 0.05) is 7.05 Å². The number of anilines is 1. The van der Waals surface area contributed by atoms with E-state index < -0.39 is 15.8 Å². The number of nitrogens with one attached hydrogen (secondary N) is 1. The lowest BCUT2D eigenvalue weighted by Crippen LogP contribution is -2.13. The van der Waals surface area contributed by atoms with Crippen LogP contribution in [-0.2, 0) is 17.1 Å². The fraction of sp³-hybridized carbons (Fsp3) is 0.133. The Bertz CT molecular complexity index is 1080. The number of rotatable bonds is 4. The van der Waals surface area contributed by atoms with Gasteiger partial charge in [-0.15, -0.1) is 0 Å². The molecule has 0 aliphatic heterocycles. The van der Waals surface area contributed by atoms with E-state index in [4.69, 9.17) is 20.8 Å². The lowest BCUT2D eigenvalue weighted by atomic mass is 10.3. The Morgan fingerprint density at radius 1 is 1.21 bits per heavy atom. The summed E-state index contributed by atoms with van der Waals surface area (Å²) in [6.45, 7) is 0. The van der Waals surface area contributed by atoms with Crippen LogP contribution < -0.4 is 15.2 Å². The first kappa shape index (κ1) is 16.4. The number of ether oxygens (including phenoxy) is 1. The van der Waals surface area contributed by atoms with Crippen molar-refractivity contribution in [1.82, 2.24) is 4.57 Å². The quantitative estimate of drug-likeness (QED) is 0.764. The Morgan fingerprint density at radius 3 is 2.62 bits per heavy atom. The van der Waals surface area contributed by atoms with E-state index in [1.165, 1.54) is 55.1 Å². The summed E-state index contributed by atoms with van der Waals surface area (Å²) in [4.78, 5) is 11.5. The number of fused-ring (bicyclic) bond motifs is 1. The van der Waals surface area contributed by atoms with Crippen molar-refractivity contribution in [3.63, 3.8) is 0 Å². The molecule has 0 spiro atoms. The predicted molar refractivity (Wildman–Crippen MR) is 90.3 cm³/mol. The summed E-state index contributed by atoms with van der Waals surface area (Å²) in [6, 6.07) is 8.71. The minimum atomic E-state index is -3.84. The minimum absolute atomic E-state index is 0.00511. The molecule has 0 bridgehead atoms. The third-order valence-electron chi connectivity index (χ3n) is 3.48. The third kappa shape index (κ3) is 2.85. The van der Waals surface area contributed by atoms with Gasteiger partial charge in [-0.25, -0.2) is 13.2 Å². The minimum Gasteiger partial charge on any atom is -0.495 e. The van der Waals surface area contributed by atoms with Crippen LogP contribution in [0, 0.1) is 0 Å². The Kier molecular flexibility index (Phi) is 4.02. The van der Waals surface area contributed by atoms with Crippen LogP contribution in [0.25, 0.3) is 11.1 Å². The van der Waals surface area contributed by atoms with E-state index in [0.717, 1.165) is 0 Å². The Hall–Kier alpha value is -2.45. The topological polar surface area (TPSA) is 90.5 Å². The lowest BCUT2D eigenvalue weighted by Gasteiger charge is -2.10. The molecular formula is C15H13ClN2O5S. The molecule has 0 fully saturated rings. The predicted octanol–water partition coefficient (Wildman–Crippen LogP) is 2.59. The van der Waals surface area contributed by atoms with Crippen LogP contribution in [-0.4, -0.2) is 20.1 Å². The highest BCUT2D eigenvalue weighted by molar-refractivity contribution is 7.92. The molecule has 1 heterocycles. The second-order valence-electron chi connectivity index (χ2n) is 5.01. The van der Waals surface area contributed by atoms with Gasteiger partial charge in [0.25, 0.3) is 10.0 Å². The summed E-state index contributed by atoms with van der Waals surface area (Å²) in [5, 5.41) is 0.188. The van der Waals surface area contributed by atoms with Gasteiger partial charge in [0.1, 0.15) is 5.75 Å². The normalized spacial score (nSPS) is 11.6. The maximum absolute atomic E-state index is 12.5. The van der Waals surface area contributed by atoms with Gasteiger partial charge >= 0.3 is 5.76 Å². The highest BCUT2D eigenvalue weighted by Gasteiger charge is 2.17. The van der Waals surface area contributed by atoms with Crippen molar-refractivity contribution in [2.75, 3.05) is 11.8 Å². The third-order valence-corrected chi connectivity index (χ3v) is 5.15. The molecule has 0 atom stereocenters. The van der Waals surface area contributed by atoms with Crippen LogP contribution in [0.4, 0.5) is 5.69 Å². The fourth-order valence-electron chi connectivity index (χ4n) is 2.22. The highest BCUT2D eigenvalue weighted by Crippen LogP contribution is 2.28. The van der Waals surface area contributed by atoms with Crippen molar-refractivity contribution in [1.29, 1.82) is 0 Å². The molecular weight excluding hydrogens is 356 g/mol. The maximum Gasteiger partial charge on any atom is 0.419 e. The zero-order valence-corrected chi connectivity index (χ0v) is 14.3. The van der Waals surface area contributed by atoms with Crippen LogP contribution in [0.3, 0.4) is 0 Å². The van der Waals surface area contributed by atoms with Crippen LogP contribution in [0.15, 0.2) is 50.5 Å². The first-order valence-corrected chi connectivity index (χ1v) is 8.64. The summed E-state index contributed by atoms with van der Waals surface area (Å²) in [5.74, 6) is -0.141. The van der Waals surface area contributed by atoms with Gasteiger partial charge < -0.3 is 9.15 Å². The number of nitrogens with zero attached hydrogens (tertiary/aromatic N) is 1. The average molecular weight is 369 g/mol. The Morgan fingerprint density at radius 2 is 1.96 bits per heavy atom. The number of sulfonamides is 1. The number of halogens is 1. The molecule has 0 aliphatic carbocycles. The highest BCUT2D eigenvalue weighted by atomic mass is 35.5. The molecule has 1 aromatic heterocycles. The van der Waals surface area contributed by atoms with E-state index in [1.807, 2.05) is 0 Å². The van der Waals surface area contributed by atoms with Crippen molar-refractivity contribution < 1.29 is 17.6 Å². The zero-order valence-electron chi connectivity index (χ0n) is 12.7. The number of methoxy groups -OCH3 is 1. The van der Waals surface area contributed by atoms with E-state index in [0.29, 0.717) is 22.5 Å². The second kappa shape index (κ2) is 5.88. The molecule has 7 nitrogen and oxygen atoms in total. The van der Waals surface area contributed by atoms with Gasteiger partial charge in [-0.1, -0.05) is 11.6 Å². The molecule has 9 heteroatoms. The second-order valence-corrected chi connectivity index (χ2v) is 7.10. The summed E-state index contributed by atoms with van der Waals surface area (Å²) >= 11 is 5.97. The molecule has 0 aliphatic rings. The summed E-state index contributed by atoms with van der Waals surface area (Å²) in [5.41, 5.74) is 1.15. The first-order valence-electron chi connectivity index (χ1n) is 6.78. The number of aryl methyl sites for hydroxylation is 1. The largest absolute Gasteiger partial charge is 0.495 e. The summed E-state index contributed by atoms with van der Waals surface area (Å²) in [7, 11) is -0.864. The van der Waals surface area contributed by atoms with Crippen LogP contribution in [0.1, 0.15) is 0 Å². The standard InChI is InChI=1S/C15H13ClN2O5S/c1-18-12-7-9(3-5-14(12)23-15(18)19)17-24(20,21)10-4-6-13(22-2)11(16)8-10/h3-8,17H,1-2H3. The number of benzene rings is 2. The molecule has 0 saturated heterocycles. The molecule has 3 rings (SSSR count). The molecule has 24 heavy (non-hydrogen) atoms. The van der Waals surface area contributed by atoms with Crippen molar-refractivity contribution in [2.45, 2.75) is 4.90 Å². The van der Waals surface area contributed by atoms with Crippen LogP contribution in [0.2, 0.25) is 5.02 Å². The Labute approximate surface area is 142 Å². The van der Waals surface area contributed by atoms with Crippen molar-refractivity contribution in [3.05, 3.63) is 52.0 Å². The van der Waals surface area contributed by atoms with E-state index in [2.05, 4.69) is 4.72 Å². The van der Waals surface area contributed by atoms with Gasteiger partial charge in [0.15, 0.2) is 5.58 Å². The summed E-state index contributed by atoms with van der Waals surface area (Å²) in [6.07, 6.45) is 0. The molecule has 2 aromatic carbocycles. The molecule has 0 radical (unpaired) electrons. The van der Waals surface area contributed by atoms with E-state index in [-0.39, 0.29) is 9.92 Å². The molecule has 0 amide bonds. The molecule has 3 aromatic rings. The van der Waals surface area contributed by atoms with Crippen LogP contribution in [0.5, 0.6) is 5.75 Å². The first-order chi connectivity index (χ1) is 11.3. The average Bonchev–Trinajstić information content (AvgIpc) is 2.82. The number of hydrogen-bond donors (Lipinski definition) is 1. The number of oxazole rings is 1. The molecule has 0 unspecified atom stereocenters. The molecule has 126 valence electrons.